The van der Waals surface area contributed by atoms with E-state index < -0.39 is 0 Å². The van der Waals surface area contributed by atoms with Gasteiger partial charge in [-0.15, -0.1) is 45.0 Å². The van der Waals surface area contributed by atoms with E-state index in [0.29, 0.717) is 36.2 Å². The molecule has 9 aromatic rings. The molecule has 0 bridgehead atoms. The second-order valence-electron chi connectivity index (χ2n) is 19.9. The van der Waals surface area contributed by atoms with Crippen molar-refractivity contribution in [1.29, 1.82) is 0 Å². The second kappa shape index (κ2) is 154. The number of rotatable bonds is 20. The maximum Gasteiger partial charge on any atom is 0.162 e. The van der Waals surface area contributed by atoms with Gasteiger partial charge < -0.3 is 42.6 Å². The molecule has 2 heterocycles. The van der Waals surface area contributed by atoms with Gasteiger partial charge in [-0.25, -0.2) is 0 Å². The van der Waals surface area contributed by atoms with E-state index in [4.69, 9.17) is 87.6 Å². The molecule has 9 aromatic carbocycles. The van der Waals surface area contributed by atoms with Crippen molar-refractivity contribution in [3.63, 3.8) is 0 Å². The van der Waals surface area contributed by atoms with E-state index in [1.165, 1.54) is 11.1 Å². The Balaban J connectivity index is -0.0000000833. The van der Waals surface area contributed by atoms with Gasteiger partial charge in [0, 0.05) is 11.6 Å². The summed E-state index contributed by atoms with van der Waals surface area (Å²) in [6.45, 7) is 96.6. The van der Waals surface area contributed by atoms with Crippen molar-refractivity contribution >= 4 is 42.5 Å². The first-order chi connectivity index (χ1) is 68.1. The van der Waals surface area contributed by atoms with Crippen molar-refractivity contribution in [2.45, 2.75) is 256 Å². The summed E-state index contributed by atoms with van der Waals surface area (Å²) in [6, 6.07) is 71.3. The summed E-state index contributed by atoms with van der Waals surface area (Å²) in [4.78, 5) is 0. The van der Waals surface area contributed by atoms with Crippen LogP contribution in [0.4, 0.5) is 0 Å². The minimum absolute atomic E-state index is 0.219. The van der Waals surface area contributed by atoms with E-state index in [1.54, 1.807) is 60.9 Å². The van der Waals surface area contributed by atoms with Gasteiger partial charge in [0.25, 0.3) is 0 Å². The Bertz CT molecular complexity index is 4120. The van der Waals surface area contributed by atoms with Crippen molar-refractivity contribution in [1.82, 2.24) is 0 Å². The predicted molar refractivity (Wildman–Crippen MR) is 631 cm³/mol. The molecule has 0 saturated carbocycles. The molecule has 11 rings (SSSR count). The highest BCUT2D eigenvalue weighted by Gasteiger charge is 2.05. The van der Waals surface area contributed by atoms with Gasteiger partial charge in [0.2, 0.25) is 0 Å². The summed E-state index contributed by atoms with van der Waals surface area (Å²) in [5.41, 5.74) is 9.28. The van der Waals surface area contributed by atoms with Crippen molar-refractivity contribution in [2.75, 3.05) is 52.9 Å². The van der Waals surface area contributed by atoms with Crippen molar-refractivity contribution in [3.05, 3.63) is 327 Å². The summed E-state index contributed by atoms with van der Waals surface area (Å²) in [6.07, 6.45) is 55.2. The average molecular weight is 1890 g/mol. The first-order valence-electron chi connectivity index (χ1n) is 49.7. The normalized spacial score (nSPS) is 7.89. The number of hydrogen-bond donors (Lipinski definition) is 0. The number of fused-ring (bicyclic) bond motifs is 2. The van der Waals surface area contributed by atoms with Crippen LogP contribution < -0.4 is 42.6 Å². The Labute approximate surface area is 853 Å². The van der Waals surface area contributed by atoms with Crippen LogP contribution in [0.5, 0.6) is 51.7 Å². The molecule has 9 heteroatoms. The lowest BCUT2D eigenvalue weighted by Gasteiger charge is -2.10. The fourth-order valence-electron chi connectivity index (χ4n) is 7.97. The van der Waals surface area contributed by atoms with Gasteiger partial charge in [-0.3, -0.25) is 0 Å². The number of terminal acetylenes is 7. The van der Waals surface area contributed by atoms with Crippen LogP contribution in [0.1, 0.15) is 294 Å². The third-order valence-electron chi connectivity index (χ3n) is 12.8. The highest BCUT2D eigenvalue weighted by atomic mass is 16.5. The van der Waals surface area contributed by atoms with E-state index in [-0.39, 0.29) is 39.6 Å². The Morgan fingerprint density at radius 1 is 0.254 bits per heavy atom. The summed E-state index contributed by atoms with van der Waals surface area (Å²) < 4.78 is 47.0. The highest BCUT2D eigenvalue weighted by molar-refractivity contribution is 5.63. The van der Waals surface area contributed by atoms with Gasteiger partial charge in [0.05, 0.1) is 6.26 Å². The summed E-state index contributed by atoms with van der Waals surface area (Å²) in [7, 11) is 0. The van der Waals surface area contributed by atoms with Crippen LogP contribution in [-0.4, -0.2) is 52.9 Å². The first kappa shape index (κ1) is 161. The van der Waals surface area contributed by atoms with Crippen LogP contribution in [0.3, 0.4) is 0 Å². The Morgan fingerprint density at radius 2 is 0.529 bits per heavy atom. The van der Waals surface area contributed by atoms with Gasteiger partial charge >= 0.3 is 0 Å². The fraction of sp³-hybridized carbons (Fsp3) is 0.349. The molecule has 0 fully saturated rings. The lowest BCUT2D eigenvalue weighted by molar-refractivity contribution is 0.314. The number of hydrogen-bond acceptors (Lipinski definition) is 9. The topological polar surface area (TPSA) is 83.1 Å². The highest BCUT2D eigenvalue weighted by Crippen LogP contribution is 2.27. The molecule has 0 radical (unpaired) electrons. The van der Waals surface area contributed by atoms with E-state index in [1.807, 2.05) is 462 Å². The quantitative estimate of drug-likeness (QED) is 0.0693. The molecular formula is C129H192O9. The SMILES string of the molecule is C#CCOc1ccc(OCC#C)cc1.C#CCOc1cccc(OCC#C)c1.C#CCOc1ccccc1.C#CCOc1ccccc1OCC#C.C1=COc2ccccc2C1.C1=Cc2ccccc2OC1.C=Cc1ccc(C=C)cc1.C=Cc1cccc(C=C)c1.C=Cc1ccccc1C=C.CC.CC.CC.CC.CC.CC.CC.CC.CC.CC.CC.CC.CC.CC.CC.CC.CC.CC. The number of allylic oxidation sites excluding steroid dienone is 1. The standard InChI is InChI=1S/3C12H10O2.3C10H10.3C9H8O.18C2H6/c1-3-9-13-11-5-7-12(8-6-11)14-10-4-2;1-3-9-13-11-7-5-6-8-12(11)14-10-4-2;1-3-8-13-11-6-5-7-12(10-11)14-9-4-2;1-3-9-5-7-10(4-2)8-6-9;1-3-9-6-5-7-10(4-2)8-9;1-3-9-7-5-6-8-10(9)4-2;2*1-2-6-9-8(4-1)5-3-7-10-9;1-2-8-10-9-6-4-3-5-7-9;18*1-2/h2*1-2,5-8H,9-10H2;1-2,5-7,10H,8-9H2;3*3-8H,1-2H2;1-4,6-7H,5H2;1-6H,7H2;1,3-7H,8H2;18*1-2H3. The maximum atomic E-state index is 5.34. The molecule has 138 heavy (non-hydrogen) atoms. The molecule has 762 valence electrons. The molecule has 0 aliphatic carbocycles. The molecule has 0 unspecified atom stereocenters. The molecule has 0 saturated heterocycles. The summed E-state index contributed by atoms with van der Waals surface area (Å²) >= 11 is 0. The average Bonchev–Trinajstić information content (AvgIpc) is 0.881. The molecule has 0 spiro atoms. The zero-order valence-corrected chi connectivity index (χ0v) is 93.5. The predicted octanol–water partition coefficient (Wildman–Crippen LogP) is 38.4. The summed E-state index contributed by atoms with van der Waals surface area (Å²) in [5, 5.41) is 0. The fourth-order valence-corrected chi connectivity index (χ4v) is 7.97. The zero-order valence-electron chi connectivity index (χ0n) is 93.5. The largest absolute Gasteiger partial charge is 0.489 e. The molecule has 2 aliphatic heterocycles. The Kier molecular flexibility index (Phi) is 180. The van der Waals surface area contributed by atoms with E-state index in [9.17, 15) is 0 Å². The van der Waals surface area contributed by atoms with Gasteiger partial charge in [0.15, 0.2) is 11.5 Å². The second-order valence-corrected chi connectivity index (χ2v) is 19.9. The molecule has 0 atom stereocenters. The van der Waals surface area contributed by atoms with Crippen LogP contribution in [0, 0.1) is 86.4 Å². The van der Waals surface area contributed by atoms with Crippen LogP contribution in [0.15, 0.2) is 282 Å². The van der Waals surface area contributed by atoms with Crippen LogP contribution in [0.25, 0.3) is 42.5 Å². The minimum atomic E-state index is 0.219. The molecule has 0 N–H and O–H groups in total. The van der Waals surface area contributed by atoms with E-state index in [2.05, 4.69) is 93.1 Å². The Morgan fingerprint density at radius 3 is 0.848 bits per heavy atom. The lowest BCUT2D eigenvalue weighted by atomic mass is 10.1. The lowest BCUT2D eigenvalue weighted by Crippen LogP contribution is -1.99. The molecular weight excluding hydrogens is 1690 g/mol. The van der Waals surface area contributed by atoms with Crippen molar-refractivity contribution in [3.8, 4) is 138 Å². The zero-order chi connectivity index (χ0) is 110. The van der Waals surface area contributed by atoms with Gasteiger partial charge in [-0.2, -0.15) is 0 Å². The monoisotopic (exact) mass is 1890 g/mol. The van der Waals surface area contributed by atoms with Crippen LogP contribution >= 0.6 is 0 Å². The van der Waals surface area contributed by atoms with Crippen molar-refractivity contribution < 1.29 is 42.6 Å². The van der Waals surface area contributed by atoms with Crippen molar-refractivity contribution in [2.24, 2.45) is 0 Å². The van der Waals surface area contributed by atoms with Crippen LogP contribution in [-0.2, 0) is 6.42 Å². The maximum absolute atomic E-state index is 5.34. The smallest absolute Gasteiger partial charge is 0.162 e. The van der Waals surface area contributed by atoms with E-state index in [0.717, 1.165) is 68.5 Å². The minimum Gasteiger partial charge on any atom is -0.489 e. The number of ether oxygens (including phenoxy) is 9. The third kappa shape index (κ3) is 103. The molecule has 2 aliphatic rings. The summed E-state index contributed by atoms with van der Waals surface area (Å²) in [5.74, 6) is 23.5. The van der Waals surface area contributed by atoms with Gasteiger partial charge in [-0.1, -0.05) is 512 Å². The molecule has 9 nitrogen and oxygen atoms in total. The van der Waals surface area contributed by atoms with Gasteiger partial charge in [0.1, 0.15) is 93.1 Å². The van der Waals surface area contributed by atoms with E-state index >= 15 is 0 Å². The number of benzene rings is 9. The first-order valence-corrected chi connectivity index (χ1v) is 49.7. The molecule has 0 aromatic heterocycles. The Hall–Kier alpha value is -14.0. The van der Waals surface area contributed by atoms with Gasteiger partial charge in [-0.05, 0) is 136 Å². The number of para-hydroxylation sites is 5. The third-order valence-corrected chi connectivity index (χ3v) is 12.8. The van der Waals surface area contributed by atoms with Crippen LogP contribution in [0.2, 0.25) is 0 Å². The molecule has 0 amide bonds.